The zero-order valence-electron chi connectivity index (χ0n) is 9.74. The minimum Gasteiger partial charge on any atom is -0.336 e. The van der Waals surface area contributed by atoms with Crippen LogP contribution >= 0.6 is 15.9 Å². The Bertz CT molecular complexity index is 487. The van der Waals surface area contributed by atoms with Gasteiger partial charge in [0.25, 0.3) is 0 Å². The molecule has 0 radical (unpaired) electrons. The lowest BCUT2D eigenvalue weighted by molar-refractivity contribution is -0.145. The zero-order chi connectivity index (χ0) is 12.6. The van der Waals surface area contributed by atoms with Crippen molar-refractivity contribution in [3.63, 3.8) is 0 Å². The Morgan fingerprint density at radius 3 is 2.53 bits per heavy atom. The van der Waals surface area contributed by atoms with Crippen LogP contribution in [0.4, 0.5) is 5.69 Å². The molecule has 1 aliphatic rings. The Morgan fingerprint density at radius 1 is 1.18 bits per heavy atom. The Balaban J connectivity index is 2.31. The molecule has 5 heteroatoms. The fourth-order valence-corrected chi connectivity index (χ4v) is 2.02. The molecule has 0 N–H and O–H groups in total. The molecular weight excluding hydrogens is 284 g/mol. The molecule has 0 unspecified atom stereocenters. The van der Waals surface area contributed by atoms with Gasteiger partial charge in [0.15, 0.2) is 0 Å². The number of piperazine rings is 1. The maximum Gasteiger partial charge on any atom is 0.316 e. The van der Waals surface area contributed by atoms with E-state index in [1.54, 1.807) is 7.05 Å². The summed E-state index contributed by atoms with van der Waals surface area (Å²) in [5.41, 5.74) is 1.82. The van der Waals surface area contributed by atoms with Crippen LogP contribution in [0, 0.1) is 6.92 Å². The summed E-state index contributed by atoms with van der Waals surface area (Å²) in [5.74, 6) is -0.905. The van der Waals surface area contributed by atoms with Crippen LogP contribution in [0.5, 0.6) is 0 Å². The number of halogens is 1. The first-order valence-corrected chi connectivity index (χ1v) is 6.13. The average Bonchev–Trinajstić information content (AvgIpc) is 2.30. The highest BCUT2D eigenvalue weighted by Crippen LogP contribution is 2.24. The lowest BCUT2D eigenvalue weighted by atomic mass is 10.2. The largest absolute Gasteiger partial charge is 0.336 e. The van der Waals surface area contributed by atoms with Crippen molar-refractivity contribution in [1.82, 2.24) is 4.90 Å². The highest BCUT2D eigenvalue weighted by atomic mass is 79.9. The van der Waals surface area contributed by atoms with Gasteiger partial charge in [-0.1, -0.05) is 15.9 Å². The van der Waals surface area contributed by atoms with Crippen molar-refractivity contribution in [3.8, 4) is 0 Å². The Labute approximate surface area is 108 Å². The smallest absolute Gasteiger partial charge is 0.316 e. The van der Waals surface area contributed by atoms with E-state index in [4.69, 9.17) is 0 Å². The van der Waals surface area contributed by atoms with E-state index in [1.807, 2.05) is 25.1 Å². The molecule has 1 aliphatic heterocycles. The van der Waals surface area contributed by atoms with E-state index in [0.29, 0.717) is 13.1 Å². The molecule has 0 saturated carbocycles. The monoisotopic (exact) mass is 296 g/mol. The summed E-state index contributed by atoms with van der Waals surface area (Å²) in [7, 11) is 1.64. The van der Waals surface area contributed by atoms with Crippen molar-refractivity contribution in [1.29, 1.82) is 0 Å². The van der Waals surface area contributed by atoms with Gasteiger partial charge in [0.05, 0.1) is 0 Å². The fourth-order valence-electron chi connectivity index (χ4n) is 1.77. The second-order valence-corrected chi connectivity index (χ2v) is 4.97. The molecule has 1 aromatic carbocycles. The van der Waals surface area contributed by atoms with Gasteiger partial charge in [-0.2, -0.15) is 0 Å². The average molecular weight is 297 g/mol. The van der Waals surface area contributed by atoms with E-state index in [0.717, 1.165) is 15.7 Å². The molecule has 0 bridgehead atoms. The lowest BCUT2D eigenvalue weighted by Crippen LogP contribution is -2.53. The summed E-state index contributed by atoms with van der Waals surface area (Å²) < 4.78 is 0.995. The number of aryl methyl sites for hydroxylation is 1. The maximum absolute atomic E-state index is 11.9. The summed E-state index contributed by atoms with van der Waals surface area (Å²) in [4.78, 5) is 26.4. The molecule has 0 atom stereocenters. The molecule has 4 nitrogen and oxygen atoms in total. The highest BCUT2D eigenvalue weighted by molar-refractivity contribution is 9.10. The van der Waals surface area contributed by atoms with Gasteiger partial charge >= 0.3 is 11.8 Å². The molecule has 1 fully saturated rings. The predicted octanol–water partition coefficient (Wildman–Crippen LogP) is 1.56. The Morgan fingerprint density at radius 2 is 1.88 bits per heavy atom. The second kappa shape index (κ2) is 4.49. The molecule has 1 heterocycles. The van der Waals surface area contributed by atoms with E-state index in [1.165, 1.54) is 9.80 Å². The van der Waals surface area contributed by atoms with E-state index in [9.17, 15) is 9.59 Å². The summed E-state index contributed by atoms with van der Waals surface area (Å²) in [6, 6.07) is 5.63. The number of carbonyl (C=O) groups is 2. The number of rotatable bonds is 1. The van der Waals surface area contributed by atoms with Gasteiger partial charge in [0, 0.05) is 30.3 Å². The van der Waals surface area contributed by atoms with E-state index < -0.39 is 11.8 Å². The van der Waals surface area contributed by atoms with Crippen LogP contribution in [-0.4, -0.2) is 36.9 Å². The first-order valence-electron chi connectivity index (χ1n) is 5.34. The number of nitrogens with zero attached hydrogens (tertiary/aromatic N) is 2. The number of benzene rings is 1. The van der Waals surface area contributed by atoms with Crippen molar-refractivity contribution in [2.45, 2.75) is 6.92 Å². The van der Waals surface area contributed by atoms with Crippen molar-refractivity contribution in [3.05, 3.63) is 28.2 Å². The quantitative estimate of drug-likeness (QED) is 0.738. The second-order valence-electron chi connectivity index (χ2n) is 4.12. The number of anilines is 1. The minimum atomic E-state index is -0.458. The summed E-state index contributed by atoms with van der Waals surface area (Å²) >= 11 is 3.41. The van der Waals surface area contributed by atoms with Crippen LogP contribution in [-0.2, 0) is 9.59 Å². The SMILES string of the molecule is Cc1cc(N2CCN(C)C(=O)C2=O)ccc1Br. The lowest BCUT2D eigenvalue weighted by Gasteiger charge is -2.31. The molecule has 2 amide bonds. The van der Waals surface area contributed by atoms with Crippen LogP contribution in [0.1, 0.15) is 5.56 Å². The van der Waals surface area contributed by atoms with Gasteiger partial charge in [-0.25, -0.2) is 0 Å². The predicted molar refractivity (Wildman–Crippen MR) is 68.9 cm³/mol. The maximum atomic E-state index is 11.9. The molecule has 1 saturated heterocycles. The van der Waals surface area contributed by atoms with Crippen LogP contribution in [0.3, 0.4) is 0 Å². The number of likely N-dealkylation sites (N-methyl/N-ethyl adjacent to an activating group) is 1. The van der Waals surface area contributed by atoms with Gasteiger partial charge in [-0.15, -0.1) is 0 Å². The first-order chi connectivity index (χ1) is 8.00. The number of amides is 2. The normalized spacial score (nSPS) is 16.6. The van der Waals surface area contributed by atoms with E-state index in [2.05, 4.69) is 15.9 Å². The van der Waals surface area contributed by atoms with E-state index in [-0.39, 0.29) is 0 Å². The Hall–Kier alpha value is -1.36. The third-order valence-electron chi connectivity index (χ3n) is 2.89. The van der Waals surface area contributed by atoms with Crippen LogP contribution in [0.25, 0.3) is 0 Å². The Kier molecular flexibility index (Phi) is 3.19. The van der Waals surface area contributed by atoms with Gasteiger partial charge in [0.2, 0.25) is 0 Å². The topological polar surface area (TPSA) is 40.6 Å². The molecule has 90 valence electrons. The van der Waals surface area contributed by atoms with Crippen LogP contribution in [0.15, 0.2) is 22.7 Å². The van der Waals surface area contributed by atoms with Gasteiger partial charge in [-0.05, 0) is 30.7 Å². The van der Waals surface area contributed by atoms with Crippen molar-refractivity contribution in [2.75, 3.05) is 25.0 Å². The third kappa shape index (κ3) is 2.20. The first kappa shape index (κ1) is 12.1. The molecule has 1 aromatic rings. The fraction of sp³-hybridized carbons (Fsp3) is 0.333. The molecule has 2 rings (SSSR count). The molecule has 0 aliphatic carbocycles. The number of carbonyl (C=O) groups excluding carboxylic acids is 2. The van der Waals surface area contributed by atoms with Gasteiger partial charge < -0.3 is 9.80 Å². The van der Waals surface area contributed by atoms with Gasteiger partial charge in [0.1, 0.15) is 0 Å². The van der Waals surface area contributed by atoms with Crippen molar-refractivity contribution < 1.29 is 9.59 Å². The third-order valence-corrected chi connectivity index (χ3v) is 3.78. The van der Waals surface area contributed by atoms with Crippen molar-refractivity contribution >= 4 is 33.4 Å². The molecular formula is C12H13BrN2O2. The van der Waals surface area contributed by atoms with E-state index >= 15 is 0 Å². The van der Waals surface area contributed by atoms with Crippen LogP contribution < -0.4 is 4.90 Å². The number of hydrogen-bond acceptors (Lipinski definition) is 2. The molecule has 17 heavy (non-hydrogen) atoms. The van der Waals surface area contributed by atoms with Crippen LogP contribution in [0.2, 0.25) is 0 Å². The van der Waals surface area contributed by atoms with Gasteiger partial charge in [-0.3, -0.25) is 9.59 Å². The summed E-state index contributed by atoms with van der Waals surface area (Å²) in [6.07, 6.45) is 0. The zero-order valence-corrected chi connectivity index (χ0v) is 11.3. The minimum absolute atomic E-state index is 0.447. The molecule has 0 aromatic heterocycles. The van der Waals surface area contributed by atoms with Crippen molar-refractivity contribution in [2.24, 2.45) is 0 Å². The summed E-state index contributed by atoms with van der Waals surface area (Å²) in [5, 5.41) is 0. The molecule has 0 spiro atoms. The highest BCUT2D eigenvalue weighted by Gasteiger charge is 2.31. The summed E-state index contributed by atoms with van der Waals surface area (Å²) in [6.45, 7) is 3.07. The number of hydrogen-bond donors (Lipinski definition) is 0. The standard InChI is InChI=1S/C12H13BrN2O2/c1-8-7-9(3-4-10(8)13)15-6-5-14(2)11(16)12(15)17/h3-4,7H,5-6H2,1-2H3.